The van der Waals surface area contributed by atoms with E-state index in [0.29, 0.717) is 31.8 Å². The fourth-order valence-corrected chi connectivity index (χ4v) is 2.89. The van der Waals surface area contributed by atoms with E-state index < -0.39 is 17.5 Å². The molecule has 3 unspecified atom stereocenters. The molecule has 1 aliphatic rings. The predicted octanol–water partition coefficient (Wildman–Crippen LogP) is 2.05. The molecule has 4 nitrogen and oxygen atoms in total. The van der Waals surface area contributed by atoms with E-state index in [1.165, 1.54) is 0 Å². The van der Waals surface area contributed by atoms with E-state index in [0.717, 1.165) is 12.8 Å². The van der Waals surface area contributed by atoms with Crippen LogP contribution in [0.1, 0.15) is 46.0 Å². The van der Waals surface area contributed by atoms with Gasteiger partial charge in [0.05, 0.1) is 18.1 Å². The molecule has 0 aliphatic heterocycles. The van der Waals surface area contributed by atoms with E-state index in [4.69, 9.17) is 4.74 Å². The van der Waals surface area contributed by atoms with Crippen LogP contribution in [0.15, 0.2) is 0 Å². The van der Waals surface area contributed by atoms with Crippen LogP contribution in [-0.2, 0) is 9.53 Å². The van der Waals surface area contributed by atoms with Crippen LogP contribution in [0.5, 0.6) is 0 Å². The third-order valence-electron chi connectivity index (χ3n) is 3.69. The topological polar surface area (TPSA) is 66.8 Å². The molecular weight excluding hydrogens is 220 g/mol. The van der Waals surface area contributed by atoms with Gasteiger partial charge >= 0.3 is 5.97 Å². The Morgan fingerprint density at radius 3 is 2.82 bits per heavy atom. The van der Waals surface area contributed by atoms with Gasteiger partial charge in [-0.25, -0.2) is 0 Å². The molecule has 0 amide bonds. The largest absolute Gasteiger partial charge is 0.481 e. The Bertz CT molecular complexity index is 254. The van der Waals surface area contributed by atoms with Gasteiger partial charge in [-0.1, -0.05) is 19.8 Å². The Kier molecular flexibility index (Phi) is 5.40. The molecule has 1 rings (SSSR count). The van der Waals surface area contributed by atoms with Crippen LogP contribution in [0.2, 0.25) is 0 Å². The minimum atomic E-state index is -0.764. The lowest BCUT2D eigenvalue weighted by Gasteiger charge is -2.37. The first-order valence-corrected chi connectivity index (χ1v) is 6.49. The third kappa shape index (κ3) is 3.96. The van der Waals surface area contributed by atoms with Gasteiger partial charge in [0.15, 0.2) is 0 Å². The van der Waals surface area contributed by atoms with Gasteiger partial charge in [-0.05, 0) is 32.1 Å². The molecule has 0 radical (unpaired) electrons. The van der Waals surface area contributed by atoms with Crippen LogP contribution in [0.4, 0.5) is 0 Å². The van der Waals surface area contributed by atoms with Crippen molar-refractivity contribution in [3.63, 3.8) is 0 Å². The summed E-state index contributed by atoms with van der Waals surface area (Å²) in [6, 6.07) is 0. The van der Waals surface area contributed by atoms with Crippen molar-refractivity contribution in [2.75, 3.05) is 13.2 Å². The minimum absolute atomic E-state index is 0.236. The summed E-state index contributed by atoms with van der Waals surface area (Å²) in [4.78, 5) is 11.5. The highest BCUT2D eigenvalue weighted by Gasteiger charge is 2.43. The standard InChI is InChI=1S/C13H24O4/c1-3-17-9-11(14)8-13(12(15)16)6-4-5-10(2)7-13/h10-11,14H,3-9H2,1-2H3,(H,15,16). The number of rotatable bonds is 6. The van der Waals surface area contributed by atoms with Crippen LogP contribution in [0, 0.1) is 11.3 Å². The molecule has 0 heterocycles. The van der Waals surface area contributed by atoms with Crippen molar-refractivity contribution in [3.05, 3.63) is 0 Å². The second-order valence-electron chi connectivity index (χ2n) is 5.30. The summed E-state index contributed by atoms with van der Waals surface area (Å²) < 4.78 is 5.15. The number of aliphatic hydroxyl groups is 1. The summed E-state index contributed by atoms with van der Waals surface area (Å²) in [5, 5.41) is 19.3. The van der Waals surface area contributed by atoms with Gasteiger partial charge < -0.3 is 14.9 Å². The molecule has 1 aliphatic carbocycles. The van der Waals surface area contributed by atoms with Crippen LogP contribution in [0.3, 0.4) is 0 Å². The van der Waals surface area contributed by atoms with Crippen molar-refractivity contribution in [2.45, 2.75) is 52.1 Å². The summed E-state index contributed by atoms with van der Waals surface area (Å²) in [6.45, 7) is 4.74. The highest BCUT2D eigenvalue weighted by atomic mass is 16.5. The average molecular weight is 244 g/mol. The molecule has 0 spiro atoms. The maximum absolute atomic E-state index is 11.5. The van der Waals surface area contributed by atoms with Gasteiger partial charge in [-0.15, -0.1) is 0 Å². The van der Waals surface area contributed by atoms with Gasteiger partial charge in [-0.3, -0.25) is 4.79 Å². The predicted molar refractivity (Wildman–Crippen MR) is 64.8 cm³/mol. The van der Waals surface area contributed by atoms with Crippen molar-refractivity contribution in [1.29, 1.82) is 0 Å². The number of carboxylic acid groups (broad SMARTS) is 1. The molecular formula is C13H24O4. The van der Waals surface area contributed by atoms with Gasteiger partial charge in [0.25, 0.3) is 0 Å². The molecule has 0 aromatic rings. The highest BCUT2D eigenvalue weighted by Crippen LogP contribution is 2.43. The summed E-state index contributed by atoms with van der Waals surface area (Å²) in [5.74, 6) is -0.334. The fourth-order valence-electron chi connectivity index (χ4n) is 2.89. The summed E-state index contributed by atoms with van der Waals surface area (Å²) in [6.07, 6.45) is 3.02. The molecule has 1 saturated carbocycles. The Labute approximate surface area is 103 Å². The second-order valence-corrected chi connectivity index (χ2v) is 5.30. The van der Waals surface area contributed by atoms with Crippen LogP contribution in [-0.4, -0.2) is 35.5 Å². The van der Waals surface area contributed by atoms with E-state index in [1.807, 2.05) is 6.92 Å². The van der Waals surface area contributed by atoms with Crippen molar-refractivity contribution in [3.8, 4) is 0 Å². The van der Waals surface area contributed by atoms with Crippen molar-refractivity contribution < 1.29 is 19.7 Å². The fraction of sp³-hybridized carbons (Fsp3) is 0.923. The maximum atomic E-state index is 11.5. The zero-order valence-electron chi connectivity index (χ0n) is 10.8. The Hall–Kier alpha value is -0.610. The number of carboxylic acids is 1. The van der Waals surface area contributed by atoms with Gasteiger partial charge in [0.2, 0.25) is 0 Å². The number of ether oxygens (including phenoxy) is 1. The highest BCUT2D eigenvalue weighted by molar-refractivity contribution is 5.74. The zero-order chi connectivity index (χ0) is 12.9. The lowest BCUT2D eigenvalue weighted by molar-refractivity contribution is -0.155. The number of carbonyl (C=O) groups is 1. The first-order valence-electron chi connectivity index (χ1n) is 6.49. The number of hydrogen-bond donors (Lipinski definition) is 2. The summed E-state index contributed by atoms with van der Waals surface area (Å²) >= 11 is 0. The van der Waals surface area contributed by atoms with E-state index in [2.05, 4.69) is 6.92 Å². The van der Waals surface area contributed by atoms with E-state index in [1.54, 1.807) is 0 Å². The lowest BCUT2D eigenvalue weighted by atomic mass is 9.67. The number of aliphatic hydroxyl groups excluding tert-OH is 1. The van der Waals surface area contributed by atoms with Gasteiger partial charge in [0.1, 0.15) is 0 Å². The Morgan fingerprint density at radius 2 is 2.29 bits per heavy atom. The first kappa shape index (κ1) is 14.5. The van der Waals surface area contributed by atoms with Gasteiger partial charge in [-0.2, -0.15) is 0 Å². The summed E-state index contributed by atoms with van der Waals surface area (Å²) in [7, 11) is 0. The summed E-state index contributed by atoms with van der Waals surface area (Å²) in [5.41, 5.74) is -0.742. The molecule has 100 valence electrons. The van der Waals surface area contributed by atoms with E-state index >= 15 is 0 Å². The van der Waals surface area contributed by atoms with E-state index in [-0.39, 0.29) is 6.61 Å². The lowest BCUT2D eigenvalue weighted by Crippen LogP contribution is -2.40. The molecule has 3 atom stereocenters. The Morgan fingerprint density at radius 1 is 1.59 bits per heavy atom. The quantitative estimate of drug-likeness (QED) is 0.750. The van der Waals surface area contributed by atoms with Gasteiger partial charge in [0, 0.05) is 6.61 Å². The minimum Gasteiger partial charge on any atom is -0.481 e. The second kappa shape index (κ2) is 6.36. The number of aliphatic carboxylic acids is 1. The molecule has 0 aromatic heterocycles. The average Bonchev–Trinajstić information content (AvgIpc) is 2.26. The molecule has 4 heteroatoms. The maximum Gasteiger partial charge on any atom is 0.309 e. The SMILES string of the molecule is CCOCC(O)CC1(C(=O)O)CCCC(C)C1. The Balaban J connectivity index is 2.61. The smallest absolute Gasteiger partial charge is 0.309 e. The first-order chi connectivity index (χ1) is 8.00. The molecule has 0 aromatic carbocycles. The number of hydrogen-bond acceptors (Lipinski definition) is 3. The van der Waals surface area contributed by atoms with Crippen molar-refractivity contribution >= 4 is 5.97 Å². The van der Waals surface area contributed by atoms with Crippen LogP contribution < -0.4 is 0 Å². The van der Waals surface area contributed by atoms with Crippen molar-refractivity contribution in [2.24, 2.45) is 11.3 Å². The van der Waals surface area contributed by atoms with Crippen LogP contribution in [0.25, 0.3) is 0 Å². The third-order valence-corrected chi connectivity index (χ3v) is 3.69. The van der Waals surface area contributed by atoms with E-state index in [9.17, 15) is 15.0 Å². The normalized spacial score (nSPS) is 31.1. The van der Waals surface area contributed by atoms with Crippen LogP contribution >= 0.6 is 0 Å². The molecule has 17 heavy (non-hydrogen) atoms. The molecule has 1 fully saturated rings. The molecule has 2 N–H and O–H groups in total. The zero-order valence-corrected chi connectivity index (χ0v) is 10.8. The molecule has 0 saturated heterocycles. The monoisotopic (exact) mass is 244 g/mol. The molecule has 0 bridgehead atoms. The van der Waals surface area contributed by atoms with Crippen molar-refractivity contribution in [1.82, 2.24) is 0 Å².